The van der Waals surface area contributed by atoms with E-state index in [1.807, 2.05) is 0 Å². The molecule has 28 heavy (non-hydrogen) atoms. The van der Waals surface area contributed by atoms with Crippen LogP contribution in [0.25, 0.3) is 0 Å². The van der Waals surface area contributed by atoms with Crippen molar-refractivity contribution in [2.45, 2.75) is 116 Å². The molecule has 1 aromatic rings. The molecule has 0 saturated carbocycles. The second-order valence-corrected chi connectivity index (χ2v) is 20.6. The predicted octanol–water partition coefficient (Wildman–Crippen LogP) is 7.62. The molecule has 0 fully saturated rings. The Balaban J connectivity index is 0. The van der Waals surface area contributed by atoms with Crippen LogP contribution >= 0.6 is 15.8 Å². The summed E-state index contributed by atoms with van der Waals surface area (Å²) in [7, 11) is -1.17. The van der Waals surface area contributed by atoms with E-state index >= 15 is 0 Å². The first-order valence-corrected chi connectivity index (χ1v) is 13.5. The number of aromatic nitrogens is 1. The monoisotopic (exact) mass is 516 g/mol. The molecule has 0 N–H and O–H groups in total. The molecular weight excluding hydrogens is 465 g/mol. The predicted molar refractivity (Wildman–Crippen MR) is 136 cm³/mol. The van der Waals surface area contributed by atoms with E-state index in [1.165, 1.54) is 23.7 Å². The van der Waals surface area contributed by atoms with Crippen LogP contribution in [0.4, 0.5) is 0 Å². The molecule has 1 heterocycles. The van der Waals surface area contributed by atoms with Gasteiger partial charge in [0.1, 0.15) is 0 Å². The summed E-state index contributed by atoms with van der Waals surface area (Å²) in [5.74, 6) is 0. The van der Waals surface area contributed by atoms with Gasteiger partial charge < -0.3 is 7.43 Å². The summed E-state index contributed by atoms with van der Waals surface area (Å²) in [6.07, 6.45) is 2.33. The Morgan fingerprint density at radius 2 is 0.857 bits per heavy atom. The second kappa shape index (κ2) is 10.8. The second-order valence-electron chi connectivity index (χ2n) is 11.9. The van der Waals surface area contributed by atoms with Crippen molar-refractivity contribution in [3.05, 3.63) is 37.0 Å². The average Bonchev–Trinajstić information content (AvgIpc) is 2.37. The van der Waals surface area contributed by atoms with Crippen molar-refractivity contribution in [3.63, 3.8) is 0 Å². The Morgan fingerprint density at radius 1 is 0.607 bits per heavy atom. The number of hydrogen-bond donors (Lipinski definition) is 0. The fourth-order valence-corrected chi connectivity index (χ4v) is 12.1. The van der Waals surface area contributed by atoms with Gasteiger partial charge >= 0.3 is 19.5 Å². The van der Waals surface area contributed by atoms with Crippen molar-refractivity contribution in [2.24, 2.45) is 0 Å². The molecule has 0 aromatic carbocycles. The van der Waals surface area contributed by atoms with Gasteiger partial charge in [-0.1, -0.05) is 6.07 Å². The first-order valence-electron chi connectivity index (χ1n) is 10.1. The zero-order chi connectivity index (χ0) is 20.6. The van der Waals surface area contributed by atoms with Gasteiger partial charge in [-0.25, -0.2) is 0 Å². The SMILES string of the molecule is CC(C)(C)[PH+](Cc1cccc(C[PH+](C(C)(C)C)C(C)(C)C)n1)C(C)(C)C.[CH3-].[RuH2]. The molecule has 0 radical (unpaired) electrons. The summed E-state index contributed by atoms with van der Waals surface area (Å²) >= 11 is 0. The molecule has 1 nitrogen and oxygen atoms in total. The third-order valence-corrected chi connectivity index (χ3v) is 13.9. The maximum absolute atomic E-state index is 5.16. The van der Waals surface area contributed by atoms with Crippen LogP contribution in [-0.2, 0) is 31.8 Å². The van der Waals surface area contributed by atoms with Gasteiger partial charge in [-0.3, -0.25) is 4.98 Å². The van der Waals surface area contributed by atoms with E-state index in [0.29, 0.717) is 20.6 Å². The van der Waals surface area contributed by atoms with Gasteiger partial charge in [-0.2, -0.15) is 0 Å². The molecule has 168 valence electrons. The van der Waals surface area contributed by atoms with Crippen LogP contribution < -0.4 is 0 Å². The Labute approximate surface area is 192 Å². The van der Waals surface area contributed by atoms with Gasteiger partial charge in [0.2, 0.25) is 0 Å². The summed E-state index contributed by atoms with van der Waals surface area (Å²) in [5.41, 5.74) is 2.62. The van der Waals surface area contributed by atoms with Crippen LogP contribution in [0.2, 0.25) is 0 Å². The maximum atomic E-state index is 5.16. The topological polar surface area (TPSA) is 12.9 Å². The first-order chi connectivity index (χ1) is 11.4. The van der Waals surface area contributed by atoms with E-state index in [4.69, 9.17) is 4.98 Å². The van der Waals surface area contributed by atoms with Gasteiger partial charge in [0.15, 0.2) is 0 Å². The van der Waals surface area contributed by atoms with Gasteiger partial charge in [-0.15, -0.1) is 0 Å². The van der Waals surface area contributed by atoms with Crippen molar-refractivity contribution >= 4 is 15.8 Å². The van der Waals surface area contributed by atoms with Crippen molar-refractivity contribution in [3.8, 4) is 0 Å². The van der Waals surface area contributed by atoms with Crippen LogP contribution in [0.1, 0.15) is 94.5 Å². The zero-order valence-electron chi connectivity index (χ0n) is 21.0. The molecular formula is C24H50NP2Ru+. The average molecular weight is 516 g/mol. The summed E-state index contributed by atoms with van der Waals surface area (Å²) in [5, 5.41) is 1.53. The Bertz CT molecular complexity index is 509. The number of pyridine rings is 1. The molecule has 0 amide bonds. The van der Waals surface area contributed by atoms with Crippen molar-refractivity contribution < 1.29 is 19.5 Å². The normalized spacial score (nSPS) is 13.4. The molecule has 0 saturated heterocycles. The minimum absolute atomic E-state index is 0. The van der Waals surface area contributed by atoms with Crippen molar-refractivity contribution in [1.29, 1.82) is 0 Å². The summed E-state index contributed by atoms with van der Waals surface area (Å²) in [6.45, 7) is 29.0. The fraction of sp³-hybridized carbons (Fsp3) is 0.750. The number of nitrogens with zero attached hydrogens (tertiary/aromatic N) is 1. The summed E-state index contributed by atoms with van der Waals surface area (Å²) in [6, 6.07) is 6.76. The third-order valence-electron chi connectivity index (χ3n) is 5.20. The van der Waals surface area contributed by atoms with Gasteiger partial charge in [0.25, 0.3) is 0 Å². The standard InChI is InChI=1S/C23H43NP2.CH3.Ru.2H/c1-20(2,3)25(21(4,5)6)16-18-14-13-15-19(24-18)17-26(22(7,8)9)23(10,11)12;;;;/h13-15H,16-17H2,1-12H3;1H3;;;/q;-1;;;/p+2. The van der Waals surface area contributed by atoms with E-state index < -0.39 is 15.8 Å². The molecule has 0 unspecified atom stereocenters. The van der Waals surface area contributed by atoms with E-state index in [2.05, 4.69) is 101 Å². The quantitative estimate of drug-likeness (QED) is 0.228. The van der Waals surface area contributed by atoms with Gasteiger partial charge in [0, 0.05) is 15.8 Å². The molecule has 4 heteroatoms. The fourth-order valence-electron chi connectivity index (χ4n) is 4.40. The Morgan fingerprint density at radius 3 is 1.07 bits per heavy atom. The van der Waals surface area contributed by atoms with E-state index in [-0.39, 0.29) is 26.9 Å². The molecule has 0 atom stereocenters. The van der Waals surface area contributed by atoms with Crippen LogP contribution in [0.15, 0.2) is 18.2 Å². The van der Waals surface area contributed by atoms with Crippen molar-refractivity contribution in [1.82, 2.24) is 4.98 Å². The minimum atomic E-state index is -0.583. The van der Waals surface area contributed by atoms with Crippen LogP contribution in [0.5, 0.6) is 0 Å². The Hall–Kier alpha value is 0.633. The molecule has 1 aromatic heterocycles. The van der Waals surface area contributed by atoms with Crippen LogP contribution in [0, 0.1) is 7.43 Å². The van der Waals surface area contributed by atoms with Crippen molar-refractivity contribution in [2.75, 3.05) is 0 Å². The summed E-state index contributed by atoms with van der Waals surface area (Å²) in [4.78, 5) is 5.16. The molecule has 0 aliphatic heterocycles. The molecule has 1 rings (SSSR count). The van der Waals surface area contributed by atoms with Gasteiger partial charge in [-0.05, 0) is 95.2 Å². The number of rotatable bonds is 4. The van der Waals surface area contributed by atoms with Gasteiger partial charge in [0.05, 0.1) is 44.3 Å². The molecule has 0 aliphatic carbocycles. The van der Waals surface area contributed by atoms with E-state index in [1.54, 1.807) is 0 Å². The van der Waals surface area contributed by atoms with E-state index in [0.717, 1.165) is 0 Å². The zero-order valence-corrected chi connectivity index (χ0v) is 25.0. The Kier molecular flexibility index (Phi) is 11.9. The first kappa shape index (κ1) is 30.8. The number of hydrogen-bond acceptors (Lipinski definition) is 1. The molecule has 0 aliphatic rings. The molecule has 0 bridgehead atoms. The van der Waals surface area contributed by atoms with Crippen LogP contribution in [0.3, 0.4) is 0 Å². The summed E-state index contributed by atoms with van der Waals surface area (Å²) < 4.78 is 0. The van der Waals surface area contributed by atoms with Crippen LogP contribution in [-0.4, -0.2) is 25.6 Å². The molecule has 0 spiro atoms. The third kappa shape index (κ3) is 9.63. The van der Waals surface area contributed by atoms with E-state index in [9.17, 15) is 0 Å².